The molecule has 1 N–H and O–H groups in total. The van der Waals surface area contributed by atoms with Gasteiger partial charge in [-0.25, -0.2) is 0 Å². The zero-order valence-electron chi connectivity index (χ0n) is 7.99. The molecule has 1 atom stereocenters. The first-order chi connectivity index (χ1) is 6.79. The van der Waals surface area contributed by atoms with Gasteiger partial charge in [0.2, 0.25) is 0 Å². The molecular formula is C11H14ClNO. The van der Waals surface area contributed by atoms with Crippen LogP contribution in [0.1, 0.15) is 6.42 Å². The molecule has 76 valence electrons. The minimum absolute atomic E-state index is 0.289. The largest absolute Gasteiger partial charge is 0.396 e. The standard InChI is InChI=1S/C11H14ClNO/c12-10-2-1-3-11(6-10)13-5-4-9(7-13)8-14/h1-3,6,9,14H,4-5,7-8H2. The summed E-state index contributed by atoms with van der Waals surface area (Å²) < 4.78 is 0. The van der Waals surface area contributed by atoms with E-state index in [1.165, 1.54) is 0 Å². The summed E-state index contributed by atoms with van der Waals surface area (Å²) in [5.41, 5.74) is 1.16. The van der Waals surface area contributed by atoms with E-state index in [0.29, 0.717) is 5.92 Å². The smallest absolute Gasteiger partial charge is 0.0476 e. The van der Waals surface area contributed by atoms with Crippen LogP contribution >= 0.6 is 11.6 Å². The monoisotopic (exact) mass is 211 g/mol. The van der Waals surface area contributed by atoms with E-state index in [1.54, 1.807) is 0 Å². The van der Waals surface area contributed by atoms with Gasteiger partial charge in [0.1, 0.15) is 0 Å². The zero-order valence-corrected chi connectivity index (χ0v) is 8.74. The van der Waals surface area contributed by atoms with Gasteiger partial charge in [0, 0.05) is 36.3 Å². The van der Waals surface area contributed by atoms with Gasteiger partial charge in [-0.15, -0.1) is 0 Å². The fourth-order valence-electron chi connectivity index (χ4n) is 1.89. The summed E-state index contributed by atoms with van der Waals surface area (Å²) in [6.45, 7) is 2.25. The Kier molecular flexibility index (Phi) is 2.94. The first kappa shape index (κ1) is 9.81. The Bertz CT molecular complexity index is 316. The molecule has 2 nitrogen and oxygen atoms in total. The summed E-state index contributed by atoms with van der Waals surface area (Å²) in [4.78, 5) is 2.27. The molecule has 1 fully saturated rings. The molecule has 14 heavy (non-hydrogen) atoms. The lowest BCUT2D eigenvalue weighted by Crippen LogP contribution is -2.20. The lowest BCUT2D eigenvalue weighted by Gasteiger charge is -2.18. The summed E-state index contributed by atoms with van der Waals surface area (Å²) in [5, 5.41) is 9.81. The maximum atomic E-state index is 9.03. The molecule has 1 aliphatic heterocycles. The SMILES string of the molecule is OCC1CCN(c2cccc(Cl)c2)C1. The predicted molar refractivity (Wildman–Crippen MR) is 58.9 cm³/mol. The van der Waals surface area contributed by atoms with Crippen LogP contribution in [0.25, 0.3) is 0 Å². The van der Waals surface area contributed by atoms with Crippen LogP contribution in [0.2, 0.25) is 5.02 Å². The summed E-state index contributed by atoms with van der Waals surface area (Å²) in [6, 6.07) is 7.88. The average molecular weight is 212 g/mol. The van der Waals surface area contributed by atoms with Crippen molar-refractivity contribution in [1.29, 1.82) is 0 Å². The Morgan fingerprint density at radius 3 is 3.00 bits per heavy atom. The van der Waals surface area contributed by atoms with E-state index in [2.05, 4.69) is 11.0 Å². The van der Waals surface area contributed by atoms with E-state index >= 15 is 0 Å². The Labute approximate surface area is 89.1 Å². The molecule has 1 heterocycles. The van der Waals surface area contributed by atoms with Crippen molar-refractivity contribution >= 4 is 17.3 Å². The number of nitrogens with zero attached hydrogens (tertiary/aromatic N) is 1. The Morgan fingerprint density at radius 1 is 1.50 bits per heavy atom. The third-order valence-electron chi connectivity index (χ3n) is 2.72. The number of hydrogen-bond acceptors (Lipinski definition) is 2. The van der Waals surface area contributed by atoms with Gasteiger partial charge in [0.25, 0.3) is 0 Å². The van der Waals surface area contributed by atoms with Gasteiger partial charge in [-0.05, 0) is 24.6 Å². The van der Waals surface area contributed by atoms with Crippen LogP contribution in [0.15, 0.2) is 24.3 Å². The number of rotatable bonds is 2. The fourth-order valence-corrected chi connectivity index (χ4v) is 2.07. The van der Waals surface area contributed by atoms with Crippen LogP contribution in [0.4, 0.5) is 5.69 Å². The lowest BCUT2D eigenvalue weighted by molar-refractivity contribution is 0.238. The highest BCUT2D eigenvalue weighted by Crippen LogP contribution is 2.25. The second-order valence-electron chi connectivity index (χ2n) is 3.76. The van der Waals surface area contributed by atoms with E-state index in [4.69, 9.17) is 16.7 Å². The minimum Gasteiger partial charge on any atom is -0.396 e. The first-order valence-corrected chi connectivity index (χ1v) is 5.29. The average Bonchev–Trinajstić information content (AvgIpc) is 2.66. The third kappa shape index (κ3) is 2.02. The van der Waals surface area contributed by atoms with Crippen molar-refractivity contribution in [2.45, 2.75) is 6.42 Å². The van der Waals surface area contributed by atoms with Gasteiger partial charge in [-0.2, -0.15) is 0 Å². The molecule has 0 amide bonds. The molecule has 1 unspecified atom stereocenters. The summed E-state index contributed by atoms with van der Waals surface area (Å²) in [5.74, 6) is 0.425. The van der Waals surface area contributed by atoms with Crippen molar-refractivity contribution in [2.75, 3.05) is 24.6 Å². The van der Waals surface area contributed by atoms with Crippen molar-refractivity contribution in [1.82, 2.24) is 0 Å². The van der Waals surface area contributed by atoms with E-state index in [1.807, 2.05) is 18.2 Å². The highest BCUT2D eigenvalue weighted by Gasteiger charge is 2.21. The van der Waals surface area contributed by atoms with Crippen LogP contribution in [0.3, 0.4) is 0 Å². The molecule has 0 aromatic heterocycles. The second kappa shape index (κ2) is 4.20. The molecule has 0 radical (unpaired) electrons. The van der Waals surface area contributed by atoms with Gasteiger partial charge in [-0.1, -0.05) is 17.7 Å². The van der Waals surface area contributed by atoms with Crippen LogP contribution in [0, 0.1) is 5.92 Å². The molecule has 0 saturated carbocycles. The molecule has 1 aliphatic rings. The van der Waals surface area contributed by atoms with Crippen LogP contribution in [0.5, 0.6) is 0 Å². The summed E-state index contributed by atoms with van der Waals surface area (Å²) >= 11 is 5.92. The molecule has 1 saturated heterocycles. The lowest BCUT2D eigenvalue weighted by atomic mass is 10.1. The van der Waals surface area contributed by atoms with Crippen LogP contribution < -0.4 is 4.90 Å². The maximum absolute atomic E-state index is 9.03. The normalized spacial score (nSPS) is 21.6. The van der Waals surface area contributed by atoms with Crippen molar-refractivity contribution < 1.29 is 5.11 Å². The highest BCUT2D eigenvalue weighted by atomic mass is 35.5. The quantitative estimate of drug-likeness (QED) is 0.811. The molecule has 0 spiro atoms. The van der Waals surface area contributed by atoms with E-state index in [-0.39, 0.29) is 6.61 Å². The topological polar surface area (TPSA) is 23.5 Å². The van der Waals surface area contributed by atoms with Gasteiger partial charge < -0.3 is 10.0 Å². The number of halogens is 1. The molecule has 0 bridgehead atoms. The minimum atomic E-state index is 0.289. The Morgan fingerprint density at radius 2 is 2.36 bits per heavy atom. The number of hydrogen-bond donors (Lipinski definition) is 1. The summed E-state index contributed by atoms with van der Waals surface area (Å²) in [6.07, 6.45) is 1.07. The van der Waals surface area contributed by atoms with E-state index in [0.717, 1.165) is 30.2 Å². The predicted octanol–water partition coefficient (Wildman–Crippen LogP) is 2.16. The number of aliphatic hydroxyl groups excluding tert-OH is 1. The Balaban J connectivity index is 2.09. The highest BCUT2D eigenvalue weighted by molar-refractivity contribution is 6.30. The van der Waals surface area contributed by atoms with Crippen molar-refractivity contribution in [3.8, 4) is 0 Å². The van der Waals surface area contributed by atoms with Crippen molar-refractivity contribution in [3.63, 3.8) is 0 Å². The molecule has 1 aromatic rings. The molecule has 0 aliphatic carbocycles. The molecular weight excluding hydrogens is 198 g/mol. The molecule has 1 aromatic carbocycles. The Hall–Kier alpha value is -0.730. The first-order valence-electron chi connectivity index (χ1n) is 4.91. The van der Waals surface area contributed by atoms with E-state index < -0.39 is 0 Å². The van der Waals surface area contributed by atoms with Crippen LogP contribution in [-0.2, 0) is 0 Å². The van der Waals surface area contributed by atoms with Crippen molar-refractivity contribution in [2.24, 2.45) is 5.92 Å². The van der Waals surface area contributed by atoms with E-state index in [9.17, 15) is 0 Å². The number of aliphatic hydroxyl groups is 1. The van der Waals surface area contributed by atoms with Gasteiger partial charge in [-0.3, -0.25) is 0 Å². The van der Waals surface area contributed by atoms with Gasteiger partial charge >= 0.3 is 0 Å². The number of benzene rings is 1. The van der Waals surface area contributed by atoms with Crippen LogP contribution in [-0.4, -0.2) is 24.8 Å². The van der Waals surface area contributed by atoms with Gasteiger partial charge in [0.15, 0.2) is 0 Å². The number of anilines is 1. The van der Waals surface area contributed by atoms with Crippen molar-refractivity contribution in [3.05, 3.63) is 29.3 Å². The van der Waals surface area contributed by atoms with Gasteiger partial charge in [0.05, 0.1) is 0 Å². The second-order valence-corrected chi connectivity index (χ2v) is 4.20. The molecule has 3 heteroatoms. The fraction of sp³-hybridized carbons (Fsp3) is 0.455. The molecule has 2 rings (SSSR count). The zero-order chi connectivity index (χ0) is 9.97. The third-order valence-corrected chi connectivity index (χ3v) is 2.95. The summed E-state index contributed by atoms with van der Waals surface area (Å²) in [7, 11) is 0. The maximum Gasteiger partial charge on any atom is 0.0476 e.